The van der Waals surface area contributed by atoms with Gasteiger partial charge in [0.15, 0.2) is 5.78 Å². The number of hydrogen-bond donors (Lipinski definition) is 0. The fraction of sp³-hybridized carbons (Fsp3) is 0.238. The molecule has 0 fully saturated rings. The van der Waals surface area contributed by atoms with E-state index in [-0.39, 0.29) is 11.2 Å². The van der Waals surface area contributed by atoms with Crippen molar-refractivity contribution < 1.29 is 9.53 Å². The molecule has 3 heteroatoms. The Bertz CT molecular complexity index is 913. The van der Waals surface area contributed by atoms with E-state index in [9.17, 15) is 4.79 Å². The van der Waals surface area contributed by atoms with Gasteiger partial charge in [-0.3, -0.25) is 9.78 Å². The van der Waals surface area contributed by atoms with Crippen molar-refractivity contribution in [2.24, 2.45) is 0 Å². The SMILES string of the molecule is CC[C@]1(CC(=O)c2cccc3cccnc23)COc2ccccc21. The first kappa shape index (κ1) is 14.9. The van der Waals surface area contributed by atoms with Gasteiger partial charge in [-0.2, -0.15) is 0 Å². The molecule has 3 aromatic rings. The average Bonchev–Trinajstić information content (AvgIpc) is 3.00. The Morgan fingerprint density at radius 3 is 2.83 bits per heavy atom. The number of aromatic nitrogens is 1. The minimum atomic E-state index is -0.245. The van der Waals surface area contributed by atoms with Crippen LogP contribution in [0.15, 0.2) is 60.8 Å². The summed E-state index contributed by atoms with van der Waals surface area (Å²) in [5.41, 5.74) is 2.38. The molecule has 2 aromatic carbocycles. The van der Waals surface area contributed by atoms with E-state index in [1.165, 1.54) is 0 Å². The summed E-state index contributed by atoms with van der Waals surface area (Å²) in [6.07, 6.45) is 3.05. The number of carbonyl (C=O) groups is 1. The Morgan fingerprint density at radius 2 is 1.96 bits per heavy atom. The minimum absolute atomic E-state index is 0.126. The Morgan fingerprint density at radius 1 is 1.12 bits per heavy atom. The molecule has 1 aliphatic heterocycles. The lowest BCUT2D eigenvalue weighted by Crippen LogP contribution is -2.30. The second kappa shape index (κ2) is 5.75. The van der Waals surface area contributed by atoms with Crippen LogP contribution in [-0.2, 0) is 5.41 Å². The normalized spacial score (nSPS) is 19.0. The number of pyridine rings is 1. The number of nitrogens with zero attached hydrogens (tertiary/aromatic N) is 1. The fourth-order valence-electron chi connectivity index (χ4n) is 3.62. The van der Waals surface area contributed by atoms with E-state index in [4.69, 9.17) is 4.74 Å². The number of rotatable bonds is 4. The van der Waals surface area contributed by atoms with Gasteiger partial charge in [0.25, 0.3) is 0 Å². The summed E-state index contributed by atoms with van der Waals surface area (Å²) in [6.45, 7) is 2.69. The van der Waals surface area contributed by atoms with Gasteiger partial charge in [-0.1, -0.05) is 43.3 Å². The molecular weight excluding hydrogens is 298 g/mol. The molecule has 1 aromatic heterocycles. The molecule has 0 N–H and O–H groups in total. The van der Waals surface area contributed by atoms with Crippen molar-refractivity contribution in [3.05, 3.63) is 71.9 Å². The Hall–Kier alpha value is -2.68. The fourth-order valence-corrected chi connectivity index (χ4v) is 3.62. The van der Waals surface area contributed by atoms with Gasteiger partial charge < -0.3 is 4.74 Å². The number of para-hydroxylation sites is 2. The Kier molecular flexibility index (Phi) is 3.57. The zero-order valence-corrected chi connectivity index (χ0v) is 13.7. The van der Waals surface area contributed by atoms with Crippen LogP contribution in [0.2, 0.25) is 0 Å². The maximum absolute atomic E-state index is 13.1. The third kappa shape index (κ3) is 2.28. The van der Waals surface area contributed by atoms with Gasteiger partial charge >= 0.3 is 0 Å². The number of Topliss-reactive ketones (excluding diaryl/α,β-unsaturated/α-hetero) is 1. The molecule has 0 spiro atoms. The zero-order chi connectivity index (χ0) is 16.6. The van der Waals surface area contributed by atoms with Gasteiger partial charge in [0.2, 0.25) is 0 Å². The van der Waals surface area contributed by atoms with E-state index in [0.717, 1.165) is 28.6 Å². The van der Waals surface area contributed by atoms with Crippen molar-refractivity contribution in [3.8, 4) is 5.75 Å². The summed E-state index contributed by atoms with van der Waals surface area (Å²) in [7, 11) is 0. The number of hydrogen-bond acceptors (Lipinski definition) is 3. The number of fused-ring (bicyclic) bond motifs is 2. The van der Waals surface area contributed by atoms with Gasteiger partial charge in [0, 0.05) is 34.5 Å². The Labute approximate surface area is 141 Å². The van der Waals surface area contributed by atoms with Gasteiger partial charge in [-0.05, 0) is 24.6 Å². The predicted molar refractivity (Wildman–Crippen MR) is 94.6 cm³/mol. The minimum Gasteiger partial charge on any atom is -0.492 e. The van der Waals surface area contributed by atoms with Crippen LogP contribution >= 0.6 is 0 Å². The number of benzene rings is 2. The van der Waals surface area contributed by atoms with E-state index in [2.05, 4.69) is 18.0 Å². The van der Waals surface area contributed by atoms with Crippen LogP contribution < -0.4 is 4.74 Å². The molecule has 24 heavy (non-hydrogen) atoms. The predicted octanol–water partition coefficient (Wildman–Crippen LogP) is 4.55. The molecular formula is C21H19NO2. The van der Waals surface area contributed by atoms with Gasteiger partial charge in [0.1, 0.15) is 5.75 Å². The molecule has 3 nitrogen and oxygen atoms in total. The summed E-state index contributed by atoms with van der Waals surface area (Å²) in [5, 5.41) is 0.997. The van der Waals surface area contributed by atoms with Crippen molar-refractivity contribution in [2.45, 2.75) is 25.2 Å². The lowest BCUT2D eigenvalue weighted by atomic mass is 9.75. The largest absolute Gasteiger partial charge is 0.492 e. The van der Waals surface area contributed by atoms with Gasteiger partial charge in [-0.15, -0.1) is 0 Å². The summed E-state index contributed by atoms with van der Waals surface area (Å²) in [4.78, 5) is 17.5. The van der Waals surface area contributed by atoms with Crippen LogP contribution in [0.25, 0.3) is 10.9 Å². The topological polar surface area (TPSA) is 39.2 Å². The van der Waals surface area contributed by atoms with Gasteiger partial charge in [-0.25, -0.2) is 0 Å². The highest BCUT2D eigenvalue weighted by Crippen LogP contribution is 2.44. The smallest absolute Gasteiger partial charge is 0.166 e. The molecule has 120 valence electrons. The average molecular weight is 317 g/mol. The van der Waals surface area contributed by atoms with Crippen LogP contribution in [0.5, 0.6) is 5.75 Å². The molecule has 1 atom stereocenters. The van der Waals surface area contributed by atoms with Crippen LogP contribution in [0.1, 0.15) is 35.7 Å². The molecule has 0 saturated carbocycles. The number of ether oxygens (including phenoxy) is 1. The molecule has 1 aliphatic rings. The quantitative estimate of drug-likeness (QED) is 0.663. The highest BCUT2D eigenvalue weighted by molar-refractivity contribution is 6.07. The molecule has 0 saturated heterocycles. The molecule has 0 amide bonds. The Balaban J connectivity index is 1.73. The second-order valence-corrected chi connectivity index (χ2v) is 6.40. The third-order valence-corrected chi connectivity index (χ3v) is 5.07. The summed E-state index contributed by atoms with van der Waals surface area (Å²) >= 11 is 0. The first-order chi connectivity index (χ1) is 11.7. The summed E-state index contributed by atoms with van der Waals surface area (Å²) in [6, 6.07) is 17.7. The summed E-state index contributed by atoms with van der Waals surface area (Å²) < 4.78 is 5.86. The standard InChI is InChI=1S/C21H19NO2/c1-2-21(14-24-19-11-4-3-10-17(19)21)13-18(23)16-9-5-7-15-8-6-12-22-20(15)16/h3-12H,2,13-14H2,1H3/t21-/m0/s1. The van der Waals surface area contributed by atoms with Crippen LogP contribution in [0.4, 0.5) is 0 Å². The molecule has 0 radical (unpaired) electrons. The molecule has 2 heterocycles. The highest BCUT2D eigenvalue weighted by atomic mass is 16.5. The molecule has 0 unspecified atom stereocenters. The number of carbonyl (C=O) groups excluding carboxylic acids is 1. The van der Waals surface area contributed by atoms with Crippen molar-refractivity contribution in [3.63, 3.8) is 0 Å². The van der Waals surface area contributed by atoms with Crippen molar-refractivity contribution in [2.75, 3.05) is 6.61 Å². The zero-order valence-electron chi connectivity index (χ0n) is 13.7. The van der Waals surface area contributed by atoms with E-state index in [1.807, 2.05) is 48.5 Å². The van der Waals surface area contributed by atoms with Gasteiger partial charge in [0.05, 0.1) is 12.1 Å². The van der Waals surface area contributed by atoms with Crippen LogP contribution in [-0.4, -0.2) is 17.4 Å². The first-order valence-corrected chi connectivity index (χ1v) is 8.33. The summed E-state index contributed by atoms with van der Waals surface area (Å²) in [5.74, 6) is 1.03. The van der Waals surface area contributed by atoms with E-state index >= 15 is 0 Å². The lowest BCUT2D eigenvalue weighted by molar-refractivity contribution is 0.0935. The lowest BCUT2D eigenvalue weighted by Gasteiger charge is -2.25. The molecule has 0 aliphatic carbocycles. The molecule has 4 rings (SSSR count). The monoisotopic (exact) mass is 317 g/mol. The van der Waals surface area contributed by atoms with Crippen molar-refractivity contribution >= 4 is 16.7 Å². The van der Waals surface area contributed by atoms with Crippen molar-refractivity contribution in [1.82, 2.24) is 4.98 Å². The van der Waals surface area contributed by atoms with Crippen LogP contribution in [0, 0.1) is 0 Å². The van der Waals surface area contributed by atoms with Crippen molar-refractivity contribution in [1.29, 1.82) is 0 Å². The highest BCUT2D eigenvalue weighted by Gasteiger charge is 2.41. The first-order valence-electron chi connectivity index (χ1n) is 8.33. The second-order valence-electron chi connectivity index (χ2n) is 6.40. The number of ketones is 1. The van der Waals surface area contributed by atoms with E-state index < -0.39 is 0 Å². The van der Waals surface area contributed by atoms with Crippen LogP contribution in [0.3, 0.4) is 0 Å². The third-order valence-electron chi connectivity index (χ3n) is 5.07. The molecule has 0 bridgehead atoms. The maximum atomic E-state index is 13.1. The maximum Gasteiger partial charge on any atom is 0.166 e. The van der Waals surface area contributed by atoms with E-state index in [0.29, 0.717) is 18.6 Å². The van der Waals surface area contributed by atoms with E-state index in [1.54, 1.807) is 6.20 Å².